The number of methoxy groups -OCH3 is 1. The highest BCUT2D eigenvalue weighted by molar-refractivity contribution is 7.90. The molecule has 0 bridgehead atoms. The Hall–Kier alpha value is -2.67. The van der Waals surface area contributed by atoms with Crippen LogP contribution in [0.5, 0.6) is 5.75 Å². The molecule has 154 valence electrons. The number of nitrogens with zero attached hydrogens (tertiary/aromatic N) is 1. The molecule has 2 aromatic rings. The van der Waals surface area contributed by atoms with Crippen molar-refractivity contribution in [3.63, 3.8) is 0 Å². The number of benzene rings is 2. The van der Waals surface area contributed by atoms with Crippen molar-refractivity contribution in [2.45, 2.75) is 30.6 Å². The van der Waals surface area contributed by atoms with Crippen LogP contribution in [0.2, 0.25) is 0 Å². The van der Waals surface area contributed by atoms with Gasteiger partial charge in [0, 0.05) is 6.21 Å². The number of hydrogen-bond acceptors (Lipinski definition) is 5. The predicted molar refractivity (Wildman–Crippen MR) is 111 cm³/mol. The van der Waals surface area contributed by atoms with Crippen LogP contribution in [0, 0.1) is 11.8 Å². The lowest BCUT2D eigenvalue weighted by atomic mass is 9.86. The topological polar surface area (TPSA) is 82.0 Å². The van der Waals surface area contributed by atoms with E-state index in [9.17, 15) is 13.2 Å². The van der Waals surface area contributed by atoms with E-state index in [1.165, 1.54) is 38.5 Å². The summed E-state index contributed by atoms with van der Waals surface area (Å²) in [6, 6.07) is 15.5. The highest BCUT2D eigenvalue weighted by atomic mass is 32.2. The summed E-state index contributed by atoms with van der Waals surface area (Å²) in [5, 5.41) is 0. The molecule has 1 fully saturated rings. The van der Waals surface area contributed by atoms with Crippen molar-refractivity contribution in [3.05, 3.63) is 60.2 Å². The molecule has 1 aliphatic rings. The third-order valence-electron chi connectivity index (χ3n) is 5.01. The highest BCUT2D eigenvalue weighted by Gasteiger charge is 2.21. The SMILES string of the molecule is COC(=O)C(C=NS(=O)(=O)c1ccc(OCC2CCC2)cc1)Cc1ccccc1. The van der Waals surface area contributed by atoms with E-state index in [-0.39, 0.29) is 4.90 Å². The summed E-state index contributed by atoms with van der Waals surface area (Å²) in [6.07, 6.45) is 5.08. The minimum absolute atomic E-state index is 0.0491. The molecule has 1 atom stereocenters. The van der Waals surface area contributed by atoms with Crippen molar-refractivity contribution in [2.24, 2.45) is 16.2 Å². The van der Waals surface area contributed by atoms with Crippen LogP contribution in [0.25, 0.3) is 0 Å². The van der Waals surface area contributed by atoms with E-state index in [2.05, 4.69) is 4.40 Å². The fourth-order valence-corrected chi connectivity index (χ4v) is 3.92. The van der Waals surface area contributed by atoms with Crippen LogP contribution in [0.15, 0.2) is 63.9 Å². The first-order chi connectivity index (χ1) is 14.0. The predicted octanol–water partition coefficient (Wildman–Crippen LogP) is 3.66. The Bertz CT molecular complexity index is 935. The summed E-state index contributed by atoms with van der Waals surface area (Å²) in [5.74, 6) is -0.0889. The van der Waals surface area contributed by atoms with E-state index in [0.717, 1.165) is 11.8 Å². The number of rotatable bonds is 9. The van der Waals surface area contributed by atoms with Gasteiger partial charge in [-0.25, -0.2) is 0 Å². The van der Waals surface area contributed by atoms with E-state index in [1.54, 1.807) is 12.1 Å². The molecule has 6 nitrogen and oxygen atoms in total. The number of hydrogen-bond donors (Lipinski definition) is 0. The van der Waals surface area contributed by atoms with Crippen molar-refractivity contribution >= 4 is 22.2 Å². The van der Waals surface area contributed by atoms with Gasteiger partial charge in [-0.1, -0.05) is 36.8 Å². The van der Waals surface area contributed by atoms with Gasteiger partial charge in [0.1, 0.15) is 5.75 Å². The molecule has 2 aromatic carbocycles. The number of esters is 1. The molecule has 29 heavy (non-hydrogen) atoms. The molecule has 0 aliphatic heterocycles. The highest BCUT2D eigenvalue weighted by Crippen LogP contribution is 2.27. The van der Waals surface area contributed by atoms with Gasteiger partial charge in [0.2, 0.25) is 0 Å². The molecule has 1 unspecified atom stereocenters. The number of carbonyl (C=O) groups excluding carboxylic acids is 1. The molecule has 0 amide bonds. The summed E-state index contributed by atoms with van der Waals surface area (Å²) in [5.41, 5.74) is 0.889. The van der Waals surface area contributed by atoms with E-state index >= 15 is 0 Å². The van der Waals surface area contributed by atoms with Gasteiger partial charge >= 0.3 is 5.97 Å². The smallest absolute Gasteiger partial charge is 0.314 e. The fourth-order valence-electron chi connectivity index (χ4n) is 3.01. The molecule has 0 radical (unpaired) electrons. The maximum atomic E-state index is 12.5. The van der Waals surface area contributed by atoms with Crippen LogP contribution in [0.3, 0.4) is 0 Å². The largest absolute Gasteiger partial charge is 0.493 e. The van der Waals surface area contributed by atoms with E-state index in [4.69, 9.17) is 9.47 Å². The van der Waals surface area contributed by atoms with Gasteiger partial charge in [-0.3, -0.25) is 4.79 Å². The summed E-state index contributed by atoms with van der Waals surface area (Å²) < 4.78 is 39.3. The molecule has 3 rings (SSSR count). The summed E-state index contributed by atoms with van der Waals surface area (Å²) in [7, 11) is -2.66. The first kappa shape index (κ1) is 21.0. The molecule has 0 aromatic heterocycles. The Morgan fingerprint density at radius 3 is 2.41 bits per heavy atom. The van der Waals surface area contributed by atoms with Gasteiger partial charge in [-0.2, -0.15) is 12.8 Å². The van der Waals surface area contributed by atoms with Crippen molar-refractivity contribution in [3.8, 4) is 5.75 Å². The molecule has 1 aliphatic carbocycles. The van der Waals surface area contributed by atoms with Gasteiger partial charge in [0.05, 0.1) is 24.5 Å². The Kier molecular flexibility index (Phi) is 7.04. The summed E-state index contributed by atoms with van der Waals surface area (Å²) in [4.78, 5) is 12.1. The van der Waals surface area contributed by atoms with Crippen LogP contribution in [0.1, 0.15) is 24.8 Å². The first-order valence-electron chi connectivity index (χ1n) is 9.63. The molecular weight excluding hydrogens is 390 g/mol. The van der Waals surface area contributed by atoms with Crippen LogP contribution >= 0.6 is 0 Å². The average Bonchev–Trinajstić information content (AvgIpc) is 2.70. The normalized spacial score (nSPS) is 15.6. The maximum Gasteiger partial charge on any atom is 0.314 e. The summed E-state index contributed by atoms with van der Waals surface area (Å²) >= 11 is 0. The fraction of sp³-hybridized carbons (Fsp3) is 0.364. The number of sulfonamides is 1. The third-order valence-corrected chi connectivity index (χ3v) is 6.28. The lowest BCUT2D eigenvalue weighted by Gasteiger charge is -2.25. The molecule has 0 spiro atoms. The molecular formula is C22H25NO5S. The first-order valence-corrected chi connectivity index (χ1v) is 11.1. The Morgan fingerprint density at radius 1 is 1.14 bits per heavy atom. The Labute approximate surface area is 171 Å². The molecule has 0 saturated heterocycles. The van der Waals surface area contributed by atoms with Crippen molar-refractivity contribution in [2.75, 3.05) is 13.7 Å². The van der Waals surface area contributed by atoms with Crippen LogP contribution in [-0.2, 0) is 26.0 Å². The molecule has 1 saturated carbocycles. The second-order valence-electron chi connectivity index (χ2n) is 7.13. The Balaban J connectivity index is 1.67. The Morgan fingerprint density at radius 2 is 1.83 bits per heavy atom. The van der Waals surface area contributed by atoms with Crippen molar-refractivity contribution in [1.82, 2.24) is 0 Å². The van der Waals surface area contributed by atoms with Crippen LogP contribution < -0.4 is 4.74 Å². The minimum Gasteiger partial charge on any atom is -0.493 e. The third kappa shape index (κ3) is 5.90. The molecule has 7 heteroatoms. The van der Waals surface area contributed by atoms with Crippen LogP contribution in [-0.4, -0.2) is 34.3 Å². The van der Waals surface area contributed by atoms with Gasteiger partial charge in [-0.05, 0) is 55.0 Å². The second kappa shape index (κ2) is 9.69. The summed E-state index contributed by atoms with van der Waals surface area (Å²) in [6.45, 7) is 0.657. The van der Waals surface area contributed by atoms with Gasteiger partial charge in [-0.15, -0.1) is 0 Å². The lowest BCUT2D eigenvalue weighted by molar-refractivity contribution is -0.142. The van der Waals surface area contributed by atoms with Gasteiger partial charge in [0.25, 0.3) is 10.0 Å². The monoisotopic (exact) mass is 415 g/mol. The van der Waals surface area contributed by atoms with Gasteiger partial charge in [0.15, 0.2) is 0 Å². The zero-order valence-electron chi connectivity index (χ0n) is 16.4. The lowest BCUT2D eigenvalue weighted by Crippen LogP contribution is -2.20. The quantitative estimate of drug-likeness (QED) is 0.461. The van der Waals surface area contributed by atoms with Crippen LogP contribution in [0.4, 0.5) is 0 Å². The molecule has 0 N–H and O–H groups in total. The molecule has 0 heterocycles. The number of ether oxygens (including phenoxy) is 2. The van der Waals surface area contributed by atoms with E-state index in [1.807, 2.05) is 30.3 Å². The van der Waals surface area contributed by atoms with Crippen molar-refractivity contribution < 1.29 is 22.7 Å². The average molecular weight is 416 g/mol. The zero-order valence-corrected chi connectivity index (χ0v) is 17.2. The van der Waals surface area contributed by atoms with E-state index in [0.29, 0.717) is 24.7 Å². The standard InChI is InChI=1S/C22H25NO5S/c1-27-22(24)19(14-17-6-3-2-4-7-17)15-23-29(25,26)21-12-10-20(11-13-21)28-16-18-8-5-9-18/h2-4,6-7,10-13,15,18-19H,5,8-9,14,16H2,1H3. The second-order valence-corrected chi connectivity index (χ2v) is 8.76. The van der Waals surface area contributed by atoms with Gasteiger partial charge < -0.3 is 9.47 Å². The van der Waals surface area contributed by atoms with E-state index < -0.39 is 21.9 Å². The number of carbonyl (C=O) groups is 1. The zero-order chi connectivity index (χ0) is 20.7. The minimum atomic E-state index is -3.92. The van der Waals surface area contributed by atoms with Crippen molar-refractivity contribution in [1.29, 1.82) is 0 Å². The maximum absolute atomic E-state index is 12.5.